The van der Waals surface area contributed by atoms with Crippen molar-refractivity contribution < 1.29 is 27.5 Å². The highest BCUT2D eigenvalue weighted by molar-refractivity contribution is 7.89. The number of carbonyl (C=O) groups excluding carboxylic acids is 2. The molecule has 0 bridgehead atoms. The molecule has 0 radical (unpaired) electrons. The molecule has 2 rings (SSSR count). The number of ether oxygens (including phenoxy) is 2. The maximum atomic E-state index is 13.1. The predicted molar refractivity (Wildman–Crippen MR) is 126 cm³/mol. The first kappa shape index (κ1) is 26.1. The molecule has 180 valence electrons. The molecule has 0 saturated heterocycles. The van der Waals surface area contributed by atoms with Gasteiger partial charge in [-0.1, -0.05) is 6.07 Å². The van der Waals surface area contributed by atoms with E-state index in [1.165, 1.54) is 37.3 Å². The molecule has 0 aromatic heterocycles. The van der Waals surface area contributed by atoms with Gasteiger partial charge in [0, 0.05) is 29.4 Å². The molecule has 33 heavy (non-hydrogen) atoms. The minimum atomic E-state index is -3.96. The zero-order valence-corrected chi connectivity index (χ0v) is 20.6. The van der Waals surface area contributed by atoms with Crippen LogP contribution in [0.25, 0.3) is 0 Å². The topological polar surface area (TPSA) is 114 Å². The Morgan fingerprint density at radius 3 is 2.30 bits per heavy atom. The number of hydrogen-bond acceptors (Lipinski definition) is 6. The summed E-state index contributed by atoms with van der Waals surface area (Å²) < 4.78 is 38.7. The van der Waals surface area contributed by atoms with Crippen molar-refractivity contribution in [2.75, 3.05) is 32.6 Å². The molecule has 0 spiro atoms. The van der Waals surface area contributed by atoms with E-state index in [-0.39, 0.29) is 29.3 Å². The lowest BCUT2D eigenvalue weighted by Gasteiger charge is -2.23. The molecule has 0 aliphatic carbocycles. The summed E-state index contributed by atoms with van der Waals surface area (Å²) in [6.45, 7) is 6.92. The molecule has 9 nitrogen and oxygen atoms in total. The molecular weight excluding hydrogens is 446 g/mol. The van der Waals surface area contributed by atoms with Crippen molar-refractivity contribution in [1.29, 1.82) is 0 Å². The van der Waals surface area contributed by atoms with Crippen LogP contribution < -0.4 is 19.5 Å². The Hall–Kier alpha value is -3.11. The molecule has 10 heteroatoms. The number of nitrogens with one attached hydrogen (secondary N) is 2. The second kappa shape index (κ2) is 10.7. The molecule has 0 saturated carbocycles. The number of benzene rings is 2. The van der Waals surface area contributed by atoms with Gasteiger partial charge >= 0.3 is 0 Å². The summed E-state index contributed by atoms with van der Waals surface area (Å²) in [5, 5.41) is 2.73. The van der Waals surface area contributed by atoms with E-state index in [0.29, 0.717) is 11.4 Å². The first-order valence-electron chi connectivity index (χ1n) is 10.4. The number of likely N-dealkylation sites (N-methyl/N-ethyl adjacent to an activating group) is 1. The zero-order chi connectivity index (χ0) is 24.8. The van der Waals surface area contributed by atoms with Crippen molar-refractivity contribution in [3.05, 3.63) is 48.0 Å². The van der Waals surface area contributed by atoms with Gasteiger partial charge in [0.15, 0.2) is 0 Å². The number of rotatable bonds is 9. The van der Waals surface area contributed by atoms with E-state index in [9.17, 15) is 18.0 Å². The summed E-state index contributed by atoms with van der Waals surface area (Å²) in [4.78, 5) is 26.8. The molecule has 2 aromatic carbocycles. The number of nitrogens with zero attached hydrogens (tertiary/aromatic N) is 1. The Morgan fingerprint density at radius 1 is 1.03 bits per heavy atom. The van der Waals surface area contributed by atoms with Gasteiger partial charge in [-0.15, -0.1) is 0 Å². The Bertz CT molecular complexity index is 1110. The van der Waals surface area contributed by atoms with Gasteiger partial charge in [0.05, 0.1) is 14.2 Å². The van der Waals surface area contributed by atoms with Gasteiger partial charge < -0.3 is 19.7 Å². The fourth-order valence-corrected chi connectivity index (χ4v) is 4.68. The number of anilines is 1. The predicted octanol–water partition coefficient (Wildman–Crippen LogP) is 2.88. The molecule has 0 aliphatic rings. The van der Waals surface area contributed by atoms with Gasteiger partial charge in [0.1, 0.15) is 22.9 Å². The van der Waals surface area contributed by atoms with E-state index in [4.69, 9.17) is 9.47 Å². The van der Waals surface area contributed by atoms with Crippen LogP contribution in [-0.2, 0) is 14.8 Å². The minimum Gasteiger partial charge on any atom is -0.497 e. The fraction of sp³-hybridized carbons (Fsp3) is 0.391. The van der Waals surface area contributed by atoms with E-state index in [1.807, 2.05) is 0 Å². The second-order valence-electron chi connectivity index (χ2n) is 8.32. The summed E-state index contributed by atoms with van der Waals surface area (Å²) in [5.41, 5.74) is -0.0626. The SMILES string of the molecule is CCN(CC(=O)Nc1cccc(OC)c1)C(=O)c1ccc(OC)c(S(=O)(=O)NC(C)(C)C)c1. The molecule has 2 N–H and O–H groups in total. The van der Waals surface area contributed by atoms with Crippen molar-refractivity contribution in [2.24, 2.45) is 0 Å². The largest absolute Gasteiger partial charge is 0.497 e. The number of carbonyl (C=O) groups is 2. The third-order valence-electron chi connectivity index (χ3n) is 4.50. The lowest BCUT2D eigenvalue weighted by atomic mass is 10.1. The monoisotopic (exact) mass is 477 g/mol. The smallest absolute Gasteiger partial charge is 0.254 e. The fourth-order valence-electron chi connectivity index (χ4n) is 3.06. The minimum absolute atomic E-state index is 0.113. The molecule has 2 amide bonds. The van der Waals surface area contributed by atoms with Crippen LogP contribution in [0.1, 0.15) is 38.1 Å². The first-order valence-corrected chi connectivity index (χ1v) is 11.8. The van der Waals surface area contributed by atoms with Gasteiger partial charge in [0.2, 0.25) is 15.9 Å². The first-order chi connectivity index (χ1) is 15.4. The van der Waals surface area contributed by atoms with Crippen LogP contribution in [-0.4, -0.2) is 58.0 Å². The van der Waals surface area contributed by atoms with Crippen molar-refractivity contribution in [3.8, 4) is 11.5 Å². The molecule has 0 heterocycles. The van der Waals surface area contributed by atoms with Crippen LogP contribution in [0.15, 0.2) is 47.4 Å². The highest BCUT2D eigenvalue weighted by atomic mass is 32.2. The lowest BCUT2D eigenvalue weighted by Crippen LogP contribution is -2.41. The van der Waals surface area contributed by atoms with Gasteiger partial charge in [0.25, 0.3) is 5.91 Å². The van der Waals surface area contributed by atoms with E-state index in [2.05, 4.69) is 10.0 Å². The van der Waals surface area contributed by atoms with E-state index < -0.39 is 27.4 Å². The molecular formula is C23H31N3O6S. The van der Waals surface area contributed by atoms with Gasteiger partial charge in [-0.2, -0.15) is 0 Å². The normalized spacial score (nSPS) is 11.6. The van der Waals surface area contributed by atoms with Crippen molar-refractivity contribution in [2.45, 2.75) is 38.1 Å². The van der Waals surface area contributed by atoms with Gasteiger partial charge in [-0.05, 0) is 58.0 Å². The highest BCUT2D eigenvalue weighted by Gasteiger charge is 2.27. The Labute approximate surface area is 195 Å². The Balaban J connectivity index is 2.26. The third-order valence-corrected chi connectivity index (χ3v) is 6.28. The van der Waals surface area contributed by atoms with Crippen LogP contribution in [0.5, 0.6) is 11.5 Å². The summed E-state index contributed by atoms with van der Waals surface area (Å²) in [6.07, 6.45) is 0. The van der Waals surface area contributed by atoms with Crippen LogP contribution >= 0.6 is 0 Å². The number of amides is 2. The summed E-state index contributed by atoms with van der Waals surface area (Å²) in [5.74, 6) is -0.170. The van der Waals surface area contributed by atoms with Crippen LogP contribution in [0.4, 0.5) is 5.69 Å². The lowest BCUT2D eigenvalue weighted by molar-refractivity contribution is -0.116. The van der Waals surface area contributed by atoms with Gasteiger partial charge in [-0.3, -0.25) is 9.59 Å². The van der Waals surface area contributed by atoms with Crippen molar-refractivity contribution >= 4 is 27.5 Å². The average Bonchev–Trinajstić information content (AvgIpc) is 2.75. The average molecular weight is 478 g/mol. The van der Waals surface area contributed by atoms with Crippen LogP contribution in [0.3, 0.4) is 0 Å². The molecule has 0 aliphatic heterocycles. The summed E-state index contributed by atoms with van der Waals surface area (Å²) in [7, 11) is -1.07. The molecule has 0 fully saturated rings. The summed E-state index contributed by atoms with van der Waals surface area (Å²) in [6, 6.07) is 11.0. The molecule has 0 unspecified atom stereocenters. The third kappa shape index (κ3) is 7.19. The maximum Gasteiger partial charge on any atom is 0.254 e. The standard InChI is InChI=1S/C23H31N3O6S/c1-7-26(15-21(27)24-17-9-8-10-18(14-17)31-5)22(28)16-11-12-19(32-6)20(13-16)33(29,30)25-23(2,3)4/h8-14,25H,7,15H2,1-6H3,(H,24,27). The van der Waals surface area contributed by atoms with Crippen LogP contribution in [0.2, 0.25) is 0 Å². The molecule has 2 aromatic rings. The van der Waals surface area contributed by atoms with Crippen molar-refractivity contribution in [3.63, 3.8) is 0 Å². The van der Waals surface area contributed by atoms with Crippen molar-refractivity contribution in [1.82, 2.24) is 9.62 Å². The van der Waals surface area contributed by atoms with E-state index in [1.54, 1.807) is 52.0 Å². The second-order valence-corrected chi connectivity index (χ2v) is 9.97. The highest BCUT2D eigenvalue weighted by Crippen LogP contribution is 2.26. The quantitative estimate of drug-likeness (QED) is 0.574. The van der Waals surface area contributed by atoms with E-state index in [0.717, 1.165) is 0 Å². The molecule has 0 atom stereocenters. The van der Waals surface area contributed by atoms with E-state index >= 15 is 0 Å². The Kier molecular flexibility index (Phi) is 8.45. The zero-order valence-electron chi connectivity index (χ0n) is 19.8. The maximum absolute atomic E-state index is 13.1. The number of sulfonamides is 1. The summed E-state index contributed by atoms with van der Waals surface area (Å²) >= 11 is 0. The van der Waals surface area contributed by atoms with Crippen LogP contribution in [0, 0.1) is 0 Å². The number of hydrogen-bond donors (Lipinski definition) is 2. The Morgan fingerprint density at radius 2 is 1.73 bits per heavy atom. The van der Waals surface area contributed by atoms with Gasteiger partial charge in [-0.25, -0.2) is 13.1 Å². The number of methoxy groups -OCH3 is 2.